The number of aromatic amines is 1. The lowest BCUT2D eigenvalue weighted by Gasteiger charge is -2.06. The molecule has 0 aliphatic rings. The highest BCUT2D eigenvalue weighted by molar-refractivity contribution is 7.80. The van der Waals surface area contributed by atoms with Crippen LogP contribution in [0.4, 0.5) is 23.2 Å². The van der Waals surface area contributed by atoms with Gasteiger partial charge in [0.1, 0.15) is 5.82 Å². The maximum atomic E-state index is 12.5. The zero-order chi connectivity index (χ0) is 17.2. The second kappa shape index (κ2) is 6.72. The van der Waals surface area contributed by atoms with Gasteiger partial charge in [0.25, 0.3) is 0 Å². The molecule has 8 heteroatoms. The van der Waals surface area contributed by atoms with Crippen molar-refractivity contribution in [2.75, 3.05) is 5.73 Å². The summed E-state index contributed by atoms with van der Waals surface area (Å²) >= 11 is 10.0. The van der Waals surface area contributed by atoms with Crippen LogP contribution in [-0.2, 0) is 6.18 Å². The molecule has 0 unspecified atom stereocenters. The first-order chi connectivity index (χ1) is 10.7. The standard InChI is InChI=1S/C8H6ClNS.C7H5F4N/c9-5-1-2-6-7(3-5)10-4-8(6)11;8-5-3-4(7(9,10)11)1-2-6(5)12/h1-4,10-11H;1-3H,12H2. The zero-order valence-electron chi connectivity index (χ0n) is 11.5. The number of H-pyrrole nitrogens is 1. The fourth-order valence-electron chi connectivity index (χ4n) is 1.79. The van der Waals surface area contributed by atoms with Gasteiger partial charge in [-0.3, -0.25) is 0 Å². The highest BCUT2D eigenvalue weighted by Gasteiger charge is 2.30. The van der Waals surface area contributed by atoms with Gasteiger partial charge in [-0.1, -0.05) is 17.7 Å². The normalized spacial score (nSPS) is 11.2. The van der Waals surface area contributed by atoms with Gasteiger partial charge in [0, 0.05) is 27.0 Å². The maximum Gasteiger partial charge on any atom is 0.416 e. The minimum atomic E-state index is -4.52. The van der Waals surface area contributed by atoms with Crippen LogP contribution in [0.15, 0.2) is 47.5 Å². The Morgan fingerprint density at radius 2 is 1.78 bits per heavy atom. The summed E-state index contributed by atoms with van der Waals surface area (Å²) in [4.78, 5) is 4.02. The van der Waals surface area contributed by atoms with Crippen molar-refractivity contribution in [3.63, 3.8) is 0 Å². The number of fused-ring (bicyclic) bond motifs is 1. The predicted octanol–water partition coefficient (Wildman–Crippen LogP) is 5.54. The summed E-state index contributed by atoms with van der Waals surface area (Å²) in [5.74, 6) is -1.05. The van der Waals surface area contributed by atoms with Gasteiger partial charge < -0.3 is 10.7 Å². The molecule has 2 aromatic carbocycles. The van der Waals surface area contributed by atoms with Crippen LogP contribution in [0, 0.1) is 5.82 Å². The molecule has 0 saturated carbocycles. The van der Waals surface area contributed by atoms with Crippen LogP contribution in [0.2, 0.25) is 5.02 Å². The van der Waals surface area contributed by atoms with E-state index < -0.39 is 17.6 Å². The van der Waals surface area contributed by atoms with E-state index in [1.54, 1.807) is 0 Å². The van der Waals surface area contributed by atoms with Crippen molar-refractivity contribution < 1.29 is 17.6 Å². The van der Waals surface area contributed by atoms with Gasteiger partial charge in [-0.2, -0.15) is 13.2 Å². The third-order valence-corrected chi connectivity index (χ3v) is 3.55. The number of rotatable bonds is 0. The molecule has 0 bridgehead atoms. The van der Waals surface area contributed by atoms with E-state index in [1.165, 1.54) is 0 Å². The summed E-state index contributed by atoms with van der Waals surface area (Å²) in [5.41, 5.74) is 4.70. The van der Waals surface area contributed by atoms with Gasteiger partial charge in [0.2, 0.25) is 0 Å². The summed E-state index contributed by atoms with van der Waals surface area (Å²) in [6.07, 6.45) is -2.67. The molecule has 0 fully saturated rings. The molecule has 3 N–H and O–H groups in total. The number of anilines is 1. The average molecular weight is 363 g/mol. The van der Waals surface area contributed by atoms with E-state index in [9.17, 15) is 17.6 Å². The largest absolute Gasteiger partial charge is 0.416 e. The monoisotopic (exact) mass is 362 g/mol. The van der Waals surface area contributed by atoms with E-state index in [1.807, 2.05) is 24.4 Å². The average Bonchev–Trinajstić information content (AvgIpc) is 2.82. The number of thiol groups is 1. The van der Waals surface area contributed by atoms with Crippen LogP contribution >= 0.6 is 24.2 Å². The molecule has 0 atom stereocenters. The van der Waals surface area contributed by atoms with Crippen LogP contribution in [0.3, 0.4) is 0 Å². The Labute approximate surface area is 139 Å². The number of nitrogens with one attached hydrogen (secondary N) is 1. The van der Waals surface area contributed by atoms with Crippen molar-refractivity contribution in [2.45, 2.75) is 11.1 Å². The van der Waals surface area contributed by atoms with Crippen molar-refractivity contribution in [2.24, 2.45) is 0 Å². The molecule has 1 heterocycles. The van der Waals surface area contributed by atoms with Crippen molar-refractivity contribution in [1.29, 1.82) is 0 Å². The van der Waals surface area contributed by atoms with E-state index in [0.29, 0.717) is 6.07 Å². The molecule has 0 aliphatic carbocycles. The Kier molecular flexibility index (Phi) is 5.11. The van der Waals surface area contributed by atoms with Crippen molar-refractivity contribution in [1.82, 2.24) is 4.98 Å². The third-order valence-electron chi connectivity index (χ3n) is 2.95. The first-order valence-corrected chi connectivity index (χ1v) is 7.09. The molecule has 0 saturated heterocycles. The first-order valence-electron chi connectivity index (χ1n) is 6.26. The van der Waals surface area contributed by atoms with Crippen LogP contribution in [0.1, 0.15) is 5.56 Å². The SMILES string of the molecule is Nc1ccc(C(F)(F)F)cc1F.Sc1c[nH]c2cc(Cl)ccc12. The van der Waals surface area contributed by atoms with E-state index in [0.717, 1.165) is 33.0 Å². The molecular formula is C15H11ClF4N2S. The molecule has 3 aromatic rings. The summed E-state index contributed by atoms with van der Waals surface area (Å²) < 4.78 is 48.2. The second-order valence-electron chi connectivity index (χ2n) is 4.60. The number of hydrogen-bond acceptors (Lipinski definition) is 2. The van der Waals surface area contributed by atoms with Gasteiger partial charge in [-0.05, 0) is 30.3 Å². The first kappa shape index (κ1) is 17.5. The molecule has 1 aromatic heterocycles. The van der Waals surface area contributed by atoms with Crippen LogP contribution in [0.25, 0.3) is 10.9 Å². The summed E-state index contributed by atoms with van der Waals surface area (Å²) in [6, 6.07) is 7.69. The number of hydrogen-bond donors (Lipinski definition) is 3. The second-order valence-corrected chi connectivity index (χ2v) is 5.52. The molecular weight excluding hydrogens is 352 g/mol. The van der Waals surface area contributed by atoms with E-state index >= 15 is 0 Å². The summed E-state index contributed by atoms with van der Waals surface area (Å²) in [5, 5.41) is 1.85. The van der Waals surface area contributed by atoms with Crippen molar-refractivity contribution >= 4 is 40.8 Å². The topological polar surface area (TPSA) is 41.8 Å². The third kappa shape index (κ3) is 4.33. The molecule has 2 nitrogen and oxygen atoms in total. The Hall–Kier alpha value is -1.86. The number of nitrogens with two attached hydrogens (primary N) is 1. The van der Waals surface area contributed by atoms with Gasteiger partial charge >= 0.3 is 6.18 Å². The molecule has 122 valence electrons. The fourth-order valence-corrected chi connectivity index (χ4v) is 2.22. The number of nitrogen functional groups attached to an aromatic ring is 1. The number of halogens is 5. The van der Waals surface area contributed by atoms with Crippen molar-refractivity contribution in [3.05, 3.63) is 59.0 Å². The Morgan fingerprint density at radius 1 is 1.09 bits per heavy atom. The summed E-state index contributed by atoms with van der Waals surface area (Å²) in [6.45, 7) is 0. The lowest BCUT2D eigenvalue weighted by molar-refractivity contribution is -0.137. The molecule has 3 rings (SSSR count). The highest BCUT2D eigenvalue weighted by atomic mass is 35.5. The minimum absolute atomic E-state index is 0.289. The Bertz CT molecular complexity index is 830. The van der Waals surface area contributed by atoms with E-state index in [2.05, 4.69) is 17.6 Å². The molecule has 0 spiro atoms. The van der Waals surface area contributed by atoms with Crippen LogP contribution in [0.5, 0.6) is 0 Å². The molecule has 0 radical (unpaired) electrons. The van der Waals surface area contributed by atoms with E-state index in [4.69, 9.17) is 17.3 Å². The molecule has 23 heavy (non-hydrogen) atoms. The maximum absolute atomic E-state index is 12.5. The molecule has 0 aliphatic heterocycles. The van der Waals surface area contributed by atoms with Crippen LogP contribution < -0.4 is 5.73 Å². The van der Waals surface area contributed by atoms with Gasteiger partial charge in [-0.25, -0.2) is 4.39 Å². The molecule has 0 amide bonds. The number of benzene rings is 2. The van der Waals surface area contributed by atoms with E-state index in [-0.39, 0.29) is 5.69 Å². The van der Waals surface area contributed by atoms with Gasteiger partial charge in [-0.15, -0.1) is 12.6 Å². The zero-order valence-corrected chi connectivity index (χ0v) is 13.1. The smallest absolute Gasteiger partial charge is 0.396 e. The summed E-state index contributed by atoms with van der Waals surface area (Å²) in [7, 11) is 0. The van der Waals surface area contributed by atoms with Gasteiger partial charge in [0.15, 0.2) is 0 Å². The fraction of sp³-hybridized carbons (Fsp3) is 0.0667. The highest BCUT2D eigenvalue weighted by Crippen LogP contribution is 2.30. The minimum Gasteiger partial charge on any atom is -0.396 e. The predicted molar refractivity (Wildman–Crippen MR) is 86.4 cm³/mol. The van der Waals surface area contributed by atoms with Gasteiger partial charge in [0.05, 0.1) is 11.3 Å². The lowest BCUT2D eigenvalue weighted by atomic mass is 10.2. The Balaban J connectivity index is 0.000000167. The van der Waals surface area contributed by atoms with Crippen molar-refractivity contribution in [3.8, 4) is 0 Å². The number of alkyl halides is 3. The lowest BCUT2D eigenvalue weighted by Crippen LogP contribution is -2.05. The number of aromatic nitrogens is 1. The Morgan fingerprint density at radius 3 is 2.39 bits per heavy atom. The quantitative estimate of drug-likeness (QED) is 0.274. The van der Waals surface area contributed by atoms with Crippen LogP contribution in [-0.4, -0.2) is 4.98 Å².